The zero-order valence-corrected chi connectivity index (χ0v) is 14.0. The fourth-order valence-corrected chi connectivity index (χ4v) is 2.92. The second-order valence-corrected chi connectivity index (χ2v) is 5.81. The van der Waals surface area contributed by atoms with Crippen LogP contribution in [0.5, 0.6) is 5.75 Å². The number of carbonyl (C=O) groups excluding carboxylic acids is 2. The highest BCUT2D eigenvalue weighted by Crippen LogP contribution is 2.35. The summed E-state index contributed by atoms with van der Waals surface area (Å²) in [4.78, 5) is 25.4. The van der Waals surface area contributed by atoms with E-state index in [2.05, 4.69) is 24.0 Å². The molecule has 5 nitrogen and oxygen atoms in total. The van der Waals surface area contributed by atoms with Crippen molar-refractivity contribution in [2.24, 2.45) is 0 Å². The molecular weight excluding hydrogens is 292 g/mol. The van der Waals surface area contributed by atoms with Crippen molar-refractivity contribution >= 4 is 11.8 Å². The first-order chi connectivity index (χ1) is 11.0. The highest BCUT2D eigenvalue weighted by atomic mass is 16.5. The van der Waals surface area contributed by atoms with Crippen LogP contribution in [0, 0.1) is 13.8 Å². The first-order valence-electron chi connectivity index (χ1n) is 7.90. The van der Waals surface area contributed by atoms with Crippen LogP contribution < -0.4 is 10.1 Å². The van der Waals surface area contributed by atoms with Crippen LogP contribution in [0.2, 0.25) is 0 Å². The number of nitrogens with zero attached hydrogens (tertiary/aromatic N) is 1. The Morgan fingerprint density at radius 2 is 2.17 bits per heavy atom. The lowest BCUT2D eigenvalue weighted by Crippen LogP contribution is -2.42. The van der Waals surface area contributed by atoms with Gasteiger partial charge >= 0.3 is 0 Å². The van der Waals surface area contributed by atoms with Crippen molar-refractivity contribution in [3.05, 3.63) is 41.5 Å². The third-order valence-corrected chi connectivity index (χ3v) is 4.01. The lowest BCUT2D eigenvalue weighted by Gasteiger charge is -2.29. The minimum Gasteiger partial charge on any atom is -0.493 e. The molecule has 0 spiro atoms. The summed E-state index contributed by atoms with van der Waals surface area (Å²) in [5, 5.41) is 3.03. The van der Waals surface area contributed by atoms with E-state index in [4.69, 9.17) is 4.74 Å². The number of aryl methyl sites for hydroxylation is 2. The molecule has 0 unspecified atom stereocenters. The molecule has 1 N–H and O–H groups in total. The number of carbonyl (C=O) groups is 2. The second-order valence-electron chi connectivity index (χ2n) is 5.81. The van der Waals surface area contributed by atoms with Gasteiger partial charge in [-0.1, -0.05) is 24.3 Å². The largest absolute Gasteiger partial charge is 0.493 e. The van der Waals surface area contributed by atoms with E-state index < -0.39 is 0 Å². The average Bonchev–Trinajstić information content (AvgIpc) is 2.52. The van der Waals surface area contributed by atoms with Crippen molar-refractivity contribution in [3.63, 3.8) is 0 Å². The Hall–Kier alpha value is -2.30. The molecule has 0 bridgehead atoms. The van der Waals surface area contributed by atoms with Crippen molar-refractivity contribution < 1.29 is 14.3 Å². The lowest BCUT2D eigenvalue weighted by atomic mass is 9.95. The summed E-state index contributed by atoms with van der Waals surface area (Å²) in [6, 6.07) is 4.05. The Labute approximate surface area is 137 Å². The van der Waals surface area contributed by atoms with E-state index in [0.717, 1.165) is 28.9 Å². The molecule has 1 heterocycles. The molecule has 124 valence electrons. The molecule has 5 heteroatoms. The molecule has 1 aromatic carbocycles. The number of likely N-dealkylation sites (N-methyl/N-ethyl adjacent to an activating group) is 1. The number of rotatable bonds is 5. The minimum atomic E-state index is -0.235. The topological polar surface area (TPSA) is 58.6 Å². The van der Waals surface area contributed by atoms with Gasteiger partial charge in [-0.05, 0) is 32.4 Å². The number of benzene rings is 1. The molecule has 1 atom stereocenters. The second kappa shape index (κ2) is 7.31. The van der Waals surface area contributed by atoms with Gasteiger partial charge < -0.3 is 15.0 Å². The van der Waals surface area contributed by atoms with Crippen molar-refractivity contribution in [1.29, 1.82) is 0 Å². The van der Waals surface area contributed by atoms with Gasteiger partial charge in [0, 0.05) is 18.5 Å². The van der Waals surface area contributed by atoms with Gasteiger partial charge in [0.15, 0.2) is 0 Å². The molecule has 0 saturated heterocycles. The summed E-state index contributed by atoms with van der Waals surface area (Å²) in [6.45, 7) is 10.4. The van der Waals surface area contributed by atoms with E-state index in [1.54, 1.807) is 0 Å². The van der Waals surface area contributed by atoms with Gasteiger partial charge in [0.25, 0.3) is 0 Å². The van der Waals surface area contributed by atoms with Gasteiger partial charge in [-0.2, -0.15) is 0 Å². The number of nitrogens with one attached hydrogen (secondary N) is 1. The maximum Gasteiger partial charge on any atom is 0.246 e. The van der Waals surface area contributed by atoms with Crippen LogP contribution in [0.4, 0.5) is 0 Å². The van der Waals surface area contributed by atoms with E-state index in [1.165, 1.54) is 11.0 Å². The van der Waals surface area contributed by atoms with Gasteiger partial charge in [0.2, 0.25) is 11.8 Å². The molecule has 23 heavy (non-hydrogen) atoms. The Balaban J connectivity index is 2.11. The molecular formula is C18H24N2O3. The number of amides is 2. The van der Waals surface area contributed by atoms with Gasteiger partial charge in [0.1, 0.15) is 5.75 Å². The predicted octanol–water partition coefficient (Wildman–Crippen LogP) is 2.28. The van der Waals surface area contributed by atoms with Crippen LogP contribution in [-0.4, -0.2) is 36.4 Å². The molecule has 1 aliphatic heterocycles. The maximum atomic E-state index is 12.3. The van der Waals surface area contributed by atoms with Gasteiger partial charge in [-0.25, -0.2) is 0 Å². The zero-order chi connectivity index (χ0) is 17.0. The molecule has 0 radical (unpaired) electrons. The molecule has 1 aliphatic rings. The van der Waals surface area contributed by atoms with E-state index in [9.17, 15) is 9.59 Å². The van der Waals surface area contributed by atoms with Crippen LogP contribution in [0.25, 0.3) is 0 Å². The van der Waals surface area contributed by atoms with Crippen molar-refractivity contribution in [1.82, 2.24) is 10.2 Å². The quantitative estimate of drug-likeness (QED) is 0.848. The summed E-state index contributed by atoms with van der Waals surface area (Å²) in [6.07, 6.45) is 1.95. The molecule has 0 aromatic heterocycles. The standard InChI is InChI=1S/C18H24N2O3/c1-5-17(22)20(6-2)11-16(21)19-15-7-8-23-18-13(4)9-12(3)10-14(15)18/h5,9-10,15H,1,6-8,11H2,2-4H3,(H,19,21)/t15-/m0/s1. The Morgan fingerprint density at radius 1 is 1.43 bits per heavy atom. The fraction of sp³-hybridized carbons (Fsp3) is 0.444. The van der Waals surface area contributed by atoms with Crippen LogP contribution in [-0.2, 0) is 9.59 Å². The molecule has 2 rings (SSSR count). The lowest BCUT2D eigenvalue weighted by molar-refractivity contribution is -0.132. The normalized spacial score (nSPS) is 16.0. The maximum absolute atomic E-state index is 12.3. The van der Waals surface area contributed by atoms with E-state index in [-0.39, 0.29) is 24.4 Å². The predicted molar refractivity (Wildman–Crippen MR) is 89.4 cm³/mol. The Morgan fingerprint density at radius 3 is 2.83 bits per heavy atom. The van der Waals surface area contributed by atoms with Gasteiger partial charge in [-0.3, -0.25) is 9.59 Å². The van der Waals surface area contributed by atoms with Crippen molar-refractivity contribution in [3.8, 4) is 5.75 Å². The summed E-state index contributed by atoms with van der Waals surface area (Å²) in [7, 11) is 0. The highest BCUT2D eigenvalue weighted by molar-refractivity contribution is 5.91. The van der Waals surface area contributed by atoms with Crippen molar-refractivity contribution in [2.75, 3.05) is 19.7 Å². The summed E-state index contributed by atoms with van der Waals surface area (Å²) < 4.78 is 5.75. The molecule has 0 fully saturated rings. The number of ether oxygens (including phenoxy) is 1. The summed E-state index contributed by atoms with van der Waals surface area (Å²) >= 11 is 0. The SMILES string of the molecule is C=CC(=O)N(CC)CC(=O)N[C@H]1CCOc2c(C)cc(C)cc21. The Bertz CT molecular complexity index is 625. The molecule has 2 amide bonds. The molecule has 0 saturated carbocycles. The smallest absolute Gasteiger partial charge is 0.246 e. The highest BCUT2D eigenvalue weighted by Gasteiger charge is 2.25. The monoisotopic (exact) mass is 316 g/mol. The van der Waals surface area contributed by atoms with E-state index in [1.807, 2.05) is 20.8 Å². The fourth-order valence-electron chi connectivity index (χ4n) is 2.92. The van der Waals surface area contributed by atoms with Crippen LogP contribution in [0.3, 0.4) is 0 Å². The number of hydrogen-bond donors (Lipinski definition) is 1. The van der Waals surface area contributed by atoms with Crippen LogP contribution in [0.15, 0.2) is 24.8 Å². The van der Waals surface area contributed by atoms with E-state index in [0.29, 0.717) is 13.2 Å². The van der Waals surface area contributed by atoms with Crippen LogP contribution >= 0.6 is 0 Å². The Kier molecular flexibility index (Phi) is 5.42. The molecule has 1 aromatic rings. The van der Waals surface area contributed by atoms with Crippen LogP contribution in [0.1, 0.15) is 36.1 Å². The number of hydrogen-bond acceptors (Lipinski definition) is 3. The number of fused-ring (bicyclic) bond motifs is 1. The summed E-state index contributed by atoms with van der Waals surface area (Å²) in [5.74, 6) is 0.461. The van der Waals surface area contributed by atoms with Gasteiger partial charge in [-0.15, -0.1) is 0 Å². The third-order valence-electron chi connectivity index (χ3n) is 4.01. The summed E-state index contributed by atoms with van der Waals surface area (Å²) in [5.41, 5.74) is 3.24. The van der Waals surface area contributed by atoms with E-state index >= 15 is 0 Å². The zero-order valence-electron chi connectivity index (χ0n) is 14.0. The van der Waals surface area contributed by atoms with Crippen molar-refractivity contribution in [2.45, 2.75) is 33.2 Å². The third kappa shape index (κ3) is 3.92. The minimum absolute atomic E-state index is 0.0405. The first-order valence-corrected chi connectivity index (χ1v) is 7.90. The first kappa shape index (κ1) is 17.1. The average molecular weight is 316 g/mol. The molecule has 0 aliphatic carbocycles. The van der Waals surface area contributed by atoms with Gasteiger partial charge in [0.05, 0.1) is 19.2 Å².